The first-order valence-electron chi connectivity index (χ1n) is 5.21. The molecule has 0 saturated carbocycles. The molecule has 0 aliphatic heterocycles. The first kappa shape index (κ1) is 9.97. The Morgan fingerprint density at radius 2 is 2.07 bits per heavy atom. The number of carbonyl (C=O) groups excluding carboxylic acids is 1. The predicted octanol–water partition coefficient (Wildman–Crippen LogP) is 3.41. The molecule has 0 amide bonds. The van der Waals surface area contributed by atoms with E-state index in [0.29, 0.717) is 11.6 Å². The minimum Gasteiger partial charge on any atom is -0.352 e. The number of aryl methyl sites for hydroxylation is 1. The van der Waals surface area contributed by atoms with Crippen LogP contribution in [0.1, 0.15) is 41.4 Å². The van der Waals surface area contributed by atoms with Gasteiger partial charge < -0.3 is 4.98 Å². The lowest BCUT2D eigenvalue weighted by molar-refractivity contribution is 0.111. The van der Waals surface area contributed by atoms with Crippen LogP contribution in [0.25, 0.3) is 10.9 Å². The smallest absolute Gasteiger partial charge is 0.166 e. The second-order valence-electron chi connectivity index (χ2n) is 4.24. The maximum Gasteiger partial charge on any atom is 0.166 e. The summed E-state index contributed by atoms with van der Waals surface area (Å²) in [5.41, 5.74) is 4.08. The maximum absolute atomic E-state index is 10.8. The van der Waals surface area contributed by atoms with Crippen molar-refractivity contribution in [3.63, 3.8) is 0 Å². The van der Waals surface area contributed by atoms with E-state index in [1.165, 1.54) is 5.56 Å². The van der Waals surface area contributed by atoms with Gasteiger partial charge in [-0.2, -0.15) is 0 Å². The highest BCUT2D eigenvalue weighted by Crippen LogP contribution is 2.25. The molecule has 0 saturated heterocycles. The summed E-state index contributed by atoms with van der Waals surface area (Å²) in [6.07, 6.45) is 0.879. The van der Waals surface area contributed by atoms with Crippen LogP contribution in [0.5, 0.6) is 0 Å². The molecule has 0 fully saturated rings. The number of aromatic amines is 1. The lowest BCUT2D eigenvalue weighted by Crippen LogP contribution is -1.86. The van der Waals surface area contributed by atoms with Gasteiger partial charge in [-0.3, -0.25) is 4.79 Å². The molecule has 0 spiro atoms. The van der Waals surface area contributed by atoms with Crippen molar-refractivity contribution in [1.82, 2.24) is 4.98 Å². The number of benzene rings is 1. The Morgan fingerprint density at radius 3 is 2.67 bits per heavy atom. The Balaban J connectivity index is 2.70. The number of hydrogen-bond donors (Lipinski definition) is 1. The summed E-state index contributed by atoms with van der Waals surface area (Å²) >= 11 is 0. The van der Waals surface area contributed by atoms with Crippen molar-refractivity contribution in [2.45, 2.75) is 26.7 Å². The fourth-order valence-corrected chi connectivity index (χ4v) is 1.84. The Kier molecular flexibility index (Phi) is 2.35. The van der Waals surface area contributed by atoms with Gasteiger partial charge in [0.15, 0.2) is 6.29 Å². The van der Waals surface area contributed by atoms with Crippen LogP contribution >= 0.6 is 0 Å². The van der Waals surface area contributed by atoms with Crippen LogP contribution in [0.3, 0.4) is 0 Å². The van der Waals surface area contributed by atoms with Crippen molar-refractivity contribution >= 4 is 17.2 Å². The molecule has 78 valence electrons. The van der Waals surface area contributed by atoms with Crippen LogP contribution in [0.4, 0.5) is 0 Å². The third kappa shape index (κ3) is 1.56. The molecule has 1 aromatic heterocycles. The molecule has 0 unspecified atom stereocenters. The molecule has 1 aromatic carbocycles. The number of nitrogens with one attached hydrogen (secondary N) is 1. The fraction of sp³-hybridized carbons (Fsp3) is 0.308. The number of hydrogen-bond acceptors (Lipinski definition) is 1. The predicted molar refractivity (Wildman–Crippen MR) is 62.5 cm³/mol. The van der Waals surface area contributed by atoms with Gasteiger partial charge in [0.1, 0.15) is 0 Å². The van der Waals surface area contributed by atoms with Crippen molar-refractivity contribution in [3.8, 4) is 0 Å². The van der Waals surface area contributed by atoms with E-state index in [2.05, 4.69) is 31.0 Å². The molecule has 2 aromatic rings. The van der Waals surface area contributed by atoms with Crippen molar-refractivity contribution in [1.29, 1.82) is 0 Å². The topological polar surface area (TPSA) is 32.9 Å². The fourth-order valence-electron chi connectivity index (χ4n) is 1.84. The number of aldehydes is 1. The quantitative estimate of drug-likeness (QED) is 0.742. The van der Waals surface area contributed by atoms with Gasteiger partial charge in [0, 0.05) is 10.9 Å². The minimum atomic E-state index is 0.517. The van der Waals surface area contributed by atoms with Gasteiger partial charge in [-0.1, -0.05) is 19.9 Å². The van der Waals surface area contributed by atoms with Crippen molar-refractivity contribution < 1.29 is 4.79 Å². The minimum absolute atomic E-state index is 0.517. The maximum atomic E-state index is 10.8. The third-order valence-electron chi connectivity index (χ3n) is 2.91. The van der Waals surface area contributed by atoms with E-state index in [0.717, 1.165) is 22.8 Å². The summed E-state index contributed by atoms with van der Waals surface area (Å²) in [5.74, 6) is 0.517. The van der Waals surface area contributed by atoms with E-state index in [1.54, 1.807) is 0 Å². The average Bonchev–Trinajstić information content (AvgIpc) is 2.55. The third-order valence-corrected chi connectivity index (χ3v) is 2.91. The molecule has 0 bridgehead atoms. The molecule has 2 rings (SSSR count). The van der Waals surface area contributed by atoms with Crippen molar-refractivity contribution in [3.05, 3.63) is 35.0 Å². The van der Waals surface area contributed by atoms with Crippen LogP contribution < -0.4 is 0 Å². The highest BCUT2D eigenvalue weighted by Gasteiger charge is 2.08. The Morgan fingerprint density at radius 1 is 1.33 bits per heavy atom. The highest BCUT2D eigenvalue weighted by molar-refractivity contribution is 5.92. The van der Waals surface area contributed by atoms with E-state index in [4.69, 9.17) is 0 Å². The molecule has 2 nitrogen and oxygen atoms in total. The SMILES string of the molecule is Cc1c(C=O)[nH]c2ccc(C(C)C)cc12. The zero-order chi connectivity index (χ0) is 11.0. The number of fused-ring (bicyclic) bond motifs is 1. The molecule has 1 N–H and O–H groups in total. The van der Waals surface area contributed by atoms with Crippen molar-refractivity contribution in [2.24, 2.45) is 0 Å². The van der Waals surface area contributed by atoms with Crippen LogP contribution in [0.15, 0.2) is 18.2 Å². The summed E-state index contributed by atoms with van der Waals surface area (Å²) in [4.78, 5) is 13.9. The number of H-pyrrole nitrogens is 1. The zero-order valence-electron chi connectivity index (χ0n) is 9.29. The molecular formula is C13H15NO. The van der Waals surface area contributed by atoms with Gasteiger partial charge >= 0.3 is 0 Å². The van der Waals surface area contributed by atoms with Gasteiger partial charge in [0.05, 0.1) is 5.69 Å². The molecule has 1 heterocycles. The van der Waals surface area contributed by atoms with Crippen LogP contribution in [-0.4, -0.2) is 11.3 Å². The second kappa shape index (κ2) is 3.54. The normalized spacial score (nSPS) is 11.2. The van der Waals surface area contributed by atoms with Gasteiger partial charge in [-0.05, 0) is 36.1 Å². The first-order chi connectivity index (χ1) is 7.13. The second-order valence-corrected chi connectivity index (χ2v) is 4.24. The Hall–Kier alpha value is -1.57. The van der Waals surface area contributed by atoms with E-state index < -0.39 is 0 Å². The van der Waals surface area contributed by atoms with E-state index in [9.17, 15) is 4.79 Å². The lowest BCUT2D eigenvalue weighted by atomic mass is 10.0. The summed E-state index contributed by atoms with van der Waals surface area (Å²) in [6.45, 7) is 6.32. The average molecular weight is 201 g/mol. The van der Waals surface area contributed by atoms with Gasteiger partial charge in [0.2, 0.25) is 0 Å². The largest absolute Gasteiger partial charge is 0.352 e. The molecule has 0 atom stereocenters. The number of rotatable bonds is 2. The number of carbonyl (C=O) groups is 1. The summed E-state index contributed by atoms with van der Waals surface area (Å²) in [6, 6.07) is 6.32. The molecule has 0 aliphatic carbocycles. The van der Waals surface area contributed by atoms with Gasteiger partial charge in [-0.15, -0.1) is 0 Å². The van der Waals surface area contributed by atoms with Crippen LogP contribution in [0, 0.1) is 6.92 Å². The summed E-state index contributed by atoms with van der Waals surface area (Å²) in [5, 5.41) is 1.16. The molecule has 15 heavy (non-hydrogen) atoms. The van der Waals surface area contributed by atoms with E-state index in [-0.39, 0.29) is 0 Å². The monoisotopic (exact) mass is 201 g/mol. The standard InChI is InChI=1S/C13H15NO/c1-8(2)10-4-5-12-11(6-10)9(3)13(7-15)14-12/h4-8,14H,1-3H3. The summed E-state index contributed by atoms with van der Waals surface area (Å²) in [7, 11) is 0. The first-order valence-corrected chi connectivity index (χ1v) is 5.21. The van der Waals surface area contributed by atoms with Crippen molar-refractivity contribution in [2.75, 3.05) is 0 Å². The Labute approximate surface area is 89.3 Å². The lowest BCUT2D eigenvalue weighted by Gasteiger charge is -2.04. The van der Waals surface area contributed by atoms with Crippen LogP contribution in [-0.2, 0) is 0 Å². The van der Waals surface area contributed by atoms with Gasteiger partial charge in [0.25, 0.3) is 0 Å². The summed E-state index contributed by atoms with van der Waals surface area (Å²) < 4.78 is 0. The number of aromatic nitrogens is 1. The Bertz CT molecular complexity index is 508. The molecule has 0 radical (unpaired) electrons. The van der Waals surface area contributed by atoms with E-state index in [1.807, 2.05) is 13.0 Å². The van der Waals surface area contributed by atoms with Crippen LogP contribution in [0.2, 0.25) is 0 Å². The molecule has 2 heteroatoms. The highest BCUT2D eigenvalue weighted by atomic mass is 16.1. The zero-order valence-corrected chi connectivity index (χ0v) is 9.29. The molecule has 0 aliphatic rings. The van der Waals surface area contributed by atoms with Gasteiger partial charge in [-0.25, -0.2) is 0 Å². The van der Waals surface area contributed by atoms with E-state index >= 15 is 0 Å². The molecular weight excluding hydrogens is 186 g/mol.